The summed E-state index contributed by atoms with van der Waals surface area (Å²) in [4.78, 5) is 14.0. The summed E-state index contributed by atoms with van der Waals surface area (Å²) < 4.78 is 19.4. The number of carbonyl (C=O) groups excluding carboxylic acids is 1. The number of carbonyl (C=O) groups is 1. The smallest absolute Gasteiger partial charge is 0.317 e. The number of halogens is 2. The van der Waals surface area contributed by atoms with Gasteiger partial charge in [-0.05, 0) is 31.9 Å². The number of hydrogen-bond acceptors (Lipinski definition) is 3. The predicted octanol–water partition coefficient (Wildman–Crippen LogP) is 2.72. The number of aliphatic hydroxyl groups is 1. The highest BCUT2D eigenvalue weighted by atomic mass is 35.5. The van der Waals surface area contributed by atoms with E-state index in [1.165, 1.54) is 12.1 Å². The highest BCUT2D eigenvalue weighted by Gasteiger charge is 2.26. The zero-order valence-electron chi connectivity index (χ0n) is 13.1. The molecule has 2 atom stereocenters. The highest BCUT2D eigenvalue weighted by Crippen LogP contribution is 2.26. The summed E-state index contributed by atoms with van der Waals surface area (Å²) in [5, 5.41) is 11.9. The fraction of sp³-hybridized carbons (Fsp3) is 0.562. The molecule has 1 fully saturated rings. The van der Waals surface area contributed by atoms with Gasteiger partial charge in [-0.3, -0.25) is 0 Å². The summed E-state index contributed by atoms with van der Waals surface area (Å²) in [6.45, 7) is 3.02. The van der Waals surface area contributed by atoms with Gasteiger partial charge in [-0.15, -0.1) is 0 Å². The van der Waals surface area contributed by atoms with E-state index in [1.54, 1.807) is 17.9 Å². The first-order valence-corrected chi connectivity index (χ1v) is 8.12. The molecule has 2 rings (SSSR count). The fourth-order valence-corrected chi connectivity index (χ4v) is 3.08. The van der Waals surface area contributed by atoms with Crippen LogP contribution in [0.25, 0.3) is 0 Å². The normalized spacial score (nSPS) is 19.5. The Morgan fingerprint density at radius 3 is 3.09 bits per heavy atom. The maximum absolute atomic E-state index is 13.9. The van der Waals surface area contributed by atoms with Gasteiger partial charge in [0.25, 0.3) is 0 Å². The van der Waals surface area contributed by atoms with Crippen LogP contribution in [0, 0.1) is 5.82 Å². The van der Waals surface area contributed by atoms with Gasteiger partial charge in [-0.1, -0.05) is 17.7 Å². The van der Waals surface area contributed by atoms with Gasteiger partial charge in [0.2, 0.25) is 0 Å². The second kappa shape index (κ2) is 8.47. The molecule has 0 saturated carbocycles. The van der Waals surface area contributed by atoms with E-state index in [2.05, 4.69) is 5.32 Å². The van der Waals surface area contributed by atoms with Crippen molar-refractivity contribution in [3.63, 3.8) is 0 Å². The lowest BCUT2D eigenvalue weighted by molar-refractivity contribution is -0.00597. The Bertz CT molecular complexity index is 524. The first kappa shape index (κ1) is 18.0. The predicted molar refractivity (Wildman–Crippen MR) is 86.0 cm³/mol. The molecule has 23 heavy (non-hydrogen) atoms. The second-order valence-corrected chi connectivity index (χ2v) is 6.02. The van der Waals surface area contributed by atoms with Gasteiger partial charge in [-0.2, -0.15) is 0 Å². The number of amides is 2. The largest absolute Gasteiger partial charge is 0.394 e. The van der Waals surface area contributed by atoms with Gasteiger partial charge in [0.1, 0.15) is 5.82 Å². The zero-order valence-corrected chi connectivity index (χ0v) is 13.9. The first-order chi connectivity index (χ1) is 11.0. The number of urea groups is 1. The molecule has 2 N–H and O–H groups in total. The fourth-order valence-electron chi connectivity index (χ4n) is 2.75. The molecule has 1 heterocycles. The van der Waals surface area contributed by atoms with Gasteiger partial charge in [-0.25, -0.2) is 9.18 Å². The molecular weight excluding hydrogens is 323 g/mol. The van der Waals surface area contributed by atoms with Gasteiger partial charge in [0, 0.05) is 23.7 Å². The average Bonchev–Trinajstić information content (AvgIpc) is 2.53. The Balaban J connectivity index is 1.95. The molecule has 1 aromatic carbocycles. The minimum absolute atomic E-state index is 0.0362. The summed E-state index contributed by atoms with van der Waals surface area (Å²) in [5.41, 5.74) is 0.285. The van der Waals surface area contributed by atoms with Crippen molar-refractivity contribution in [2.24, 2.45) is 0 Å². The van der Waals surface area contributed by atoms with E-state index < -0.39 is 11.9 Å². The van der Waals surface area contributed by atoms with Crippen molar-refractivity contribution in [2.75, 3.05) is 26.3 Å². The van der Waals surface area contributed by atoms with Crippen molar-refractivity contribution < 1.29 is 19.0 Å². The summed E-state index contributed by atoms with van der Waals surface area (Å²) in [7, 11) is 0. The highest BCUT2D eigenvalue weighted by molar-refractivity contribution is 6.31. The van der Waals surface area contributed by atoms with Crippen LogP contribution >= 0.6 is 11.6 Å². The van der Waals surface area contributed by atoms with Gasteiger partial charge in [0.05, 0.1) is 25.4 Å². The second-order valence-electron chi connectivity index (χ2n) is 5.61. The molecule has 0 bridgehead atoms. The number of aliphatic hydroxyl groups excluding tert-OH is 1. The third-order valence-electron chi connectivity index (χ3n) is 3.88. The molecule has 2 amide bonds. The van der Waals surface area contributed by atoms with Crippen LogP contribution in [0.4, 0.5) is 9.18 Å². The average molecular weight is 345 g/mol. The molecule has 1 aliphatic heterocycles. The number of ether oxygens (including phenoxy) is 1. The zero-order chi connectivity index (χ0) is 16.8. The number of nitrogens with one attached hydrogen (secondary N) is 1. The maximum Gasteiger partial charge on any atom is 0.317 e. The quantitative estimate of drug-likeness (QED) is 0.863. The van der Waals surface area contributed by atoms with Gasteiger partial charge >= 0.3 is 6.03 Å². The van der Waals surface area contributed by atoms with Crippen molar-refractivity contribution in [1.29, 1.82) is 0 Å². The Hall–Kier alpha value is -1.37. The molecule has 0 aliphatic carbocycles. The van der Waals surface area contributed by atoms with Crippen molar-refractivity contribution in [3.8, 4) is 0 Å². The van der Waals surface area contributed by atoms with Crippen LogP contribution in [-0.2, 0) is 4.74 Å². The van der Waals surface area contributed by atoms with E-state index in [1.807, 2.05) is 0 Å². The van der Waals surface area contributed by atoms with E-state index in [9.17, 15) is 9.18 Å². The Labute approximate surface area is 140 Å². The molecule has 5 nitrogen and oxygen atoms in total. The molecule has 0 spiro atoms. The van der Waals surface area contributed by atoms with Crippen molar-refractivity contribution >= 4 is 17.6 Å². The maximum atomic E-state index is 13.9. The molecule has 1 saturated heterocycles. The van der Waals surface area contributed by atoms with Crippen LogP contribution in [0.3, 0.4) is 0 Å². The minimum Gasteiger partial charge on any atom is -0.394 e. The van der Waals surface area contributed by atoms with Gasteiger partial charge in [0.15, 0.2) is 0 Å². The van der Waals surface area contributed by atoms with Crippen molar-refractivity contribution in [3.05, 3.63) is 34.6 Å². The lowest BCUT2D eigenvalue weighted by Gasteiger charge is -2.33. The van der Waals surface area contributed by atoms with Crippen LogP contribution in [0.1, 0.15) is 31.4 Å². The topological polar surface area (TPSA) is 61.8 Å². The standard InChI is InChI=1S/C16H22ClFN2O3/c1-11(15-13(17)5-2-6-14(15)18)19-16(22)20-7-3-4-12(10-20)23-9-8-21/h2,5-6,11-12,21H,3-4,7-10H2,1H3,(H,19,22)/t11-,12+/m1/s1. The molecule has 0 aromatic heterocycles. The van der Waals surface area contributed by atoms with Crippen molar-refractivity contribution in [2.45, 2.75) is 31.9 Å². The number of benzene rings is 1. The Morgan fingerprint density at radius 1 is 1.61 bits per heavy atom. The molecule has 1 aromatic rings. The van der Waals surface area contributed by atoms with Crippen LogP contribution in [-0.4, -0.2) is 48.4 Å². The number of nitrogens with zero attached hydrogens (tertiary/aromatic N) is 1. The third-order valence-corrected chi connectivity index (χ3v) is 4.21. The van der Waals surface area contributed by atoms with E-state index in [0.29, 0.717) is 18.1 Å². The molecule has 7 heteroatoms. The summed E-state index contributed by atoms with van der Waals surface area (Å²) in [6, 6.07) is 3.65. The molecule has 0 unspecified atom stereocenters. The lowest BCUT2D eigenvalue weighted by atomic mass is 10.1. The SMILES string of the molecule is C[C@@H](NC(=O)N1CCC[C@H](OCCO)C1)c1c(F)cccc1Cl. The lowest BCUT2D eigenvalue weighted by Crippen LogP contribution is -2.48. The van der Waals surface area contributed by atoms with E-state index in [4.69, 9.17) is 21.4 Å². The van der Waals surface area contributed by atoms with E-state index in [0.717, 1.165) is 12.8 Å². The number of piperidine rings is 1. The Kier molecular flexibility index (Phi) is 6.62. The summed E-state index contributed by atoms with van der Waals surface area (Å²) in [5.74, 6) is -0.437. The number of hydrogen-bond donors (Lipinski definition) is 2. The molecule has 1 aliphatic rings. The summed E-state index contributed by atoms with van der Waals surface area (Å²) in [6.07, 6.45) is 1.62. The van der Waals surface area contributed by atoms with Crippen LogP contribution in [0.5, 0.6) is 0 Å². The van der Waals surface area contributed by atoms with Crippen LogP contribution in [0.15, 0.2) is 18.2 Å². The summed E-state index contributed by atoms with van der Waals surface area (Å²) >= 11 is 6.03. The van der Waals surface area contributed by atoms with Crippen molar-refractivity contribution in [1.82, 2.24) is 10.2 Å². The minimum atomic E-state index is -0.532. The number of rotatable bonds is 5. The molecule has 128 valence electrons. The number of likely N-dealkylation sites (tertiary alicyclic amines) is 1. The monoisotopic (exact) mass is 344 g/mol. The molecular formula is C16H22ClFN2O3. The first-order valence-electron chi connectivity index (χ1n) is 7.74. The van der Waals surface area contributed by atoms with Crippen LogP contribution < -0.4 is 5.32 Å². The van der Waals surface area contributed by atoms with Crippen LogP contribution in [0.2, 0.25) is 5.02 Å². The van der Waals surface area contributed by atoms with Gasteiger partial charge < -0.3 is 20.1 Å². The third kappa shape index (κ3) is 4.80. The molecule has 0 radical (unpaired) electrons. The van der Waals surface area contributed by atoms with E-state index in [-0.39, 0.29) is 30.9 Å². The van der Waals surface area contributed by atoms with E-state index >= 15 is 0 Å². The Morgan fingerprint density at radius 2 is 2.39 bits per heavy atom.